The molecule has 0 amide bonds. The van der Waals surface area contributed by atoms with Crippen LogP contribution in [0.4, 0.5) is 0 Å². The summed E-state index contributed by atoms with van der Waals surface area (Å²) in [5.74, 6) is 1.74. The molecular formula is C14H25NO. The van der Waals surface area contributed by atoms with E-state index in [0.29, 0.717) is 23.6 Å². The number of ether oxygens (including phenoxy) is 1. The maximum atomic E-state index is 5.94. The summed E-state index contributed by atoms with van der Waals surface area (Å²) in [7, 11) is 0. The average molecular weight is 223 g/mol. The van der Waals surface area contributed by atoms with Crippen molar-refractivity contribution in [2.45, 2.75) is 64.6 Å². The minimum atomic E-state index is 0.342. The van der Waals surface area contributed by atoms with Gasteiger partial charge in [0.15, 0.2) is 0 Å². The van der Waals surface area contributed by atoms with Crippen molar-refractivity contribution >= 4 is 0 Å². The lowest BCUT2D eigenvalue weighted by molar-refractivity contribution is -0.194. The van der Waals surface area contributed by atoms with Gasteiger partial charge in [0.25, 0.3) is 0 Å². The van der Waals surface area contributed by atoms with E-state index in [4.69, 9.17) is 4.74 Å². The highest BCUT2D eigenvalue weighted by Gasteiger charge is 2.58. The van der Waals surface area contributed by atoms with Gasteiger partial charge in [-0.1, -0.05) is 13.8 Å². The maximum absolute atomic E-state index is 5.94. The Bertz CT molecular complexity index is 272. The molecule has 1 heterocycles. The van der Waals surface area contributed by atoms with E-state index in [9.17, 15) is 0 Å². The summed E-state index contributed by atoms with van der Waals surface area (Å²) in [6, 6.07) is 1.40. The SMILES string of the molecule is CC(NC1C2CCCOC2C1(C)C)C1CC1. The second kappa shape index (κ2) is 3.71. The number of nitrogens with one attached hydrogen (secondary N) is 1. The van der Waals surface area contributed by atoms with E-state index >= 15 is 0 Å². The number of hydrogen-bond donors (Lipinski definition) is 1. The number of rotatable bonds is 3. The summed E-state index contributed by atoms with van der Waals surface area (Å²) in [4.78, 5) is 0. The van der Waals surface area contributed by atoms with Gasteiger partial charge in [-0.25, -0.2) is 0 Å². The summed E-state index contributed by atoms with van der Waals surface area (Å²) in [5, 5.41) is 3.89. The quantitative estimate of drug-likeness (QED) is 0.794. The van der Waals surface area contributed by atoms with Crippen molar-refractivity contribution in [3.05, 3.63) is 0 Å². The molecule has 0 aromatic rings. The van der Waals surface area contributed by atoms with Crippen LogP contribution in [0, 0.1) is 17.3 Å². The van der Waals surface area contributed by atoms with Crippen LogP contribution < -0.4 is 5.32 Å². The molecule has 1 aliphatic heterocycles. The lowest BCUT2D eigenvalue weighted by Gasteiger charge is -2.60. The van der Waals surface area contributed by atoms with Gasteiger partial charge >= 0.3 is 0 Å². The van der Waals surface area contributed by atoms with Gasteiger partial charge in [-0.3, -0.25) is 0 Å². The van der Waals surface area contributed by atoms with Crippen molar-refractivity contribution in [1.82, 2.24) is 5.32 Å². The zero-order valence-electron chi connectivity index (χ0n) is 10.8. The summed E-state index contributed by atoms with van der Waals surface area (Å²) < 4.78 is 5.94. The van der Waals surface area contributed by atoms with E-state index in [1.54, 1.807) is 0 Å². The largest absolute Gasteiger partial charge is 0.377 e. The third-order valence-corrected chi connectivity index (χ3v) is 5.10. The molecule has 3 rings (SSSR count). The molecule has 2 saturated carbocycles. The first-order valence-corrected chi connectivity index (χ1v) is 6.98. The molecule has 0 bridgehead atoms. The lowest BCUT2D eigenvalue weighted by atomic mass is 9.55. The van der Waals surface area contributed by atoms with Gasteiger partial charge in [-0.2, -0.15) is 0 Å². The van der Waals surface area contributed by atoms with Crippen LogP contribution in [-0.2, 0) is 4.74 Å². The predicted molar refractivity (Wildman–Crippen MR) is 65.4 cm³/mol. The minimum absolute atomic E-state index is 0.342. The van der Waals surface area contributed by atoms with Crippen LogP contribution in [-0.4, -0.2) is 24.8 Å². The molecule has 0 aromatic heterocycles. The first-order valence-electron chi connectivity index (χ1n) is 6.98. The Labute approximate surface area is 99.1 Å². The van der Waals surface area contributed by atoms with E-state index in [2.05, 4.69) is 26.1 Å². The van der Waals surface area contributed by atoms with Crippen molar-refractivity contribution in [2.24, 2.45) is 17.3 Å². The third-order valence-electron chi connectivity index (χ3n) is 5.10. The van der Waals surface area contributed by atoms with Gasteiger partial charge in [0.2, 0.25) is 0 Å². The molecule has 2 nitrogen and oxygen atoms in total. The summed E-state index contributed by atoms with van der Waals surface area (Å²) in [6.45, 7) is 8.09. The Morgan fingerprint density at radius 1 is 1.25 bits per heavy atom. The molecule has 0 aromatic carbocycles. The van der Waals surface area contributed by atoms with Crippen LogP contribution in [0.3, 0.4) is 0 Å². The minimum Gasteiger partial charge on any atom is -0.377 e. The lowest BCUT2D eigenvalue weighted by Crippen LogP contribution is -2.70. The fourth-order valence-electron chi connectivity index (χ4n) is 3.88. The Kier molecular flexibility index (Phi) is 2.56. The van der Waals surface area contributed by atoms with Crippen LogP contribution in [0.15, 0.2) is 0 Å². The van der Waals surface area contributed by atoms with Gasteiger partial charge in [0, 0.05) is 30.0 Å². The summed E-state index contributed by atoms with van der Waals surface area (Å²) >= 11 is 0. The van der Waals surface area contributed by atoms with Gasteiger partial charge in [-0.15, -0.1) is 0 Å². The average Bonchev–Trinajstić information content (AvgIpc) is 3.09. The Morgan fingerprint density at radius 3 is 2.69 bits per heavy atom. The molecule has 3 fully saturated rings. The maximum Gasteiger partial charge on any atom is 0.0684 e. The molecule has 1 saturated heterocycles. The van der Waals surface area contributed by atoms with E-state index in [-0.39, 0.29) is 0 Å². The van der Waals surface area contributed by atoms with Crippen molar-refractivity contribution in [1.29, 1.82) is 0 Å². The molecule has 4 unspecified atom stereocenters. The second-order valence-corrected chi connectivity index (χ2v) is 6.69. The fraction of sp³-hybridized carbons (Fsp3) is 1.00. The molecule has 4 atom stereocenters. The van der Waals surface area contributed by atoms with Crippen LogP contribution in [0.1, 0.15) is 46.5 Å². The van der Waals surface area contributed by atoms with Gasteiger partial charge in [-0.05, 0) is 38.5 Å². The van der Waals surface area contributed by atoms with E-state index in [0.717, 1.165) is 18.4 Å². The topological polar surface area (TPSA) is 21.3 Å². The standard InChI is InChI=1S/C14H25NO/c1-9(10-6-7-10)15-12-11-5-4-8-16-13(11)14(12,2)3/h9-13,15H,4-8H2,1-3H3. The summed E-state index contributed by atoms with van der Waals surface area (Å²) in [6.07, 6.45) is 6.01. The van der Waals surface area contributed by atoms with Crippen molar-refractivity contribution in [3.8, 4) is 0 Å². The molecule has 2 aliphatic carbocycles. The van der Waals surface area contributed by atoms with Crippen LogP contribution in [0.2, 0.25) is 0 Å². The molecular weight excluding hydrogens is 198 g/mol. The molecule has 16 heavy (non-hydrogen) atoms. The smallest absolute Gasteiger partial charge is 0.0684 e. The van der Waals surface area contributed by atoms with Gasteiger partial charge in [0.1, 0.15) is 0 Å². The predicted octanol–water partition coefficient (Wildman–Crippen LogP) is 2.58. The number of hydrogen-bond acceptors (Lipinski definition) is 2. The first kappa shape index (κ1) is 11.0. The molecule has 3 aliphatic rings. The highest BCUT2D eigenvalue weighted by Crippen LogP contribution is 2.51. The Balaban J connectivity index is 1.64. The molecule has 0 radical (unpaired) electrons. The first-order chi connectivity index (χ1) is 7.60. The monoisotopic (exact) mass is 223 g/mol. The molecule has 0 spiro atoms. The highest BCUT2D eigenvalue weighted by molar-refractivity contribution is 5.11. The van der Waals surface area contributed by atoms with E-state index in [1.165, 1.54) is 25.7 Å². The molecule has 92 valence electrons. The van der Waals surface area contributed by atoms with Crippen molar-refractivity contribution in [2.75, 3.05) is 6.61 Å². The second-order valence-electron chi connectivity index (χ2n) is 6.69. The van der Waals surface area contributed by atoms with Crippen LogP contribution in [0.25, 0.3) is 0 Å². The van der Waals surface area contributed by atoms with E-state index < -0.39 is 0 Å². The van der Waals surface area contributed by atoms with Crippen molar-refractivity contribution < 1.29 is 4.74 Å². The van der Waals surface area contributed by atoms with Crippen LogP contribution in [0.5, 0.6) is 0 Å². The van der Waals surface area contributed by atoms with Gasteiger partial charge < -0.3 is 10.1 Å². The highest BCUT2D eigenvalue weighted by atomic mass is 16.5. The summed E-state index contributed by atoms with van der Waals surface area (Å²) in [5.41, 5.74) is 0.342. The van der Waals surface area contributed by atoms with Crippen LogP contribution >= 0.6 is 0 Å². The fourth-order valence-corrected chi connectivity index (χ4v) is 3.88. The van der Waals surface area contributed by atoms with E-state index in [1.807, 2.05) is 0 Å². The Morgan fingerprint density at radius 2 is 2.00 bits per heavy atom. The van der Waals surface area contributed by atoms with Gasteiger partial charge in [0.05, 0.1) is 6.10 Å². The van der Waals surface area contributed by atoms with Crippen molar-refractivity contribution in [3.63, 3.8) is 0 Å². The zero-order chi connectivity index (χ0) is 11.3. The molecule has 1 N–H and O–H groups in total. The third kappa shape index (κ3) is 1.62. The number of fused-ring (bicyclic) bond motifs is 1. The normalized spacial score (nSPS) is 43.3. The zero-order valence-corrected chi connectivity index (χ0v) is 10.8. The molecule has 2 heteroatoms. The Hall–Kier alpha value is -0.0800.